The number of unbranched alkanes of at least 4 members (excludes halogenated alkanes) is 3. The van der Waals surface area contributed by atoms with Crippen LogP contribution in [0.5, 0.6) is 5.75 Å². The van der Waals surface area contributed by atoms with Crippen LogP contribution in [0.3, 0.4) is 0 Å². The molecule has 0 bridgehead atoms. The van der Waals surface area contributed by atoms with E-state index >= 15 is 0 Å². The normalized spacial score (nSPS) is 11.3. The third-order valence-electron chi connectivity index (χ3n) is 5.31. The van der Waals surface area contributed by atoms with Gasteiger partial charge in [-0.2, -0.15) is 0 Å². The molecule has 0 radical (unpaired) electrons. The van der Waals surface area contributed by atoms with Gasteiger partial charge in [0.25, 0.3) is 0 Å². The van der Waals surface area contributed by atoms with Gasteiger partial charge in [-0.3, -0.25) is 0 Å². The van der Waals surface area contributed by atoms with Gasteiger partial charge in [-0.25, -0.2) is 14.8 Å². The number of nitrogens with two attached hydrogens (primary N) is 1. The molecule has 0 unspecified atom stereocenters. The van der Waals surface area contributed by atoms with Gasteiger partial charge in [0.2, 0.25) is 5.95 Å². The number of rotatable bonds is 11. The quantitative estimate of drug-likeness (QED) is 0.264. The van der Waals surface area contributed by atoms with Crippen LogP contribution in [0.4, 0.5) is 5.95 Å². The van der Waals surface area contributed by atoms with Crippen molar-refractivity contribution >= 4 is 29.0 Å². The van der Waals surface area contributed by atoms with E-state index in [1.165, 1.54) is 25.3 Å². The molecule has 2 aromatic heterocycles. The molecule has 2 heterocycles. The van der Waals surface area contributed by atoms with Gasteiger partial charge in [0, 0.05) is 17.8 Å². The lowest BCUT2D eigenvalue weighted by atomic mass is 10.1. The zero-order valence-corrected chi connectivity index (χ0v) is 19.1. The van der Waals surface area contributed by atoms with Crippen LogP contribution in [-0.2, 0) is 22.5 Å². The topological polar surface area (TPSA) is 92.3 Å². The first-order chi connectivity index (χ1) is 15.5. The molecule has 0 aliphatic rings. The maximum absolute atomic E-state index is 11.7. The molecule has 0 aliphatic carbocycles. The number of aromatic nitrogens is 3. The van der Waals surface area contributed by atoms with E-state index in [0.29, 0.717) is 19.1 Å². The lowest BCUT2D eigenvalue weighted by molar-refractivity contribution is -0.137. The molecule has 0 aliphatic heterocycles. The lowest BCUT2D eigenvalue weighted by Gasteiger charge is -2.13. The van der Waals surface area contributed by atoms with Gasteiger partial charge >= 0.3 is 5.97 Å². The smallest absolute Gasteiger partial charge is 0.330 e. The number of esters is 1. The summed E-state index contributed by atoms with van der Waals surface area (Å²) in [5, 5.41) is 0. The zero-order chi connectivity index (χ0) is 22.9. The van der Waals surface area contributed by atoms with Crippen molar-refractivity contribution < 1.29 is 14.3 Å². The summed E-state index contributed by atoms with van der Waals surface area (Å²) in [6.45, 7) is 4.93. The number of anilines is 1. The molecule has 0 saturated heterocycles. The van der Waals surface area contributed by atoms with Gasteiger partial charge in [0.1, 0.15) is 5.75 Å². The van der Waals surface area contributed by atoms with Gasteiger partial charge in [-0.1, -0.05) is 32.3 Å². The third kappa shape index (κ3) is 5.87. The summed E-state index contributed by atoms with van der Waals surface area (Å²) in [5.74, 6) is 0.731. The van der Waals surface area contributed by atoms with Crippen molar-refractivity contribution in [2.45, 2.75) is 52.5 Å². The number of benzene rings is 1. The van der Waals surface area contributed by atoms with E-state index in [4.69, 9.17) is 15.2 Å². The predicted octanol–water partition coefficient (Wildman–Crippen LogP) is 4.77. The summed E-state index contributed by atoms with van der Waals surface area (Å²) < 4.78 is 12.7. The van der Waals surface area contributed by atoms with Crippen LogP contribution in [0.15, 0.2) is 36.5 Å². The third-order valence-corrected chi connectivity index (χ3v) is 5.31. The first-order valence-corrected chi connectivity index (χ1v) is 11.2. The highest BCUT2D eigenvalue weighted by Crippen LogP contribution is 2.26. The minimum Gasteiger partial charge on any atom is -0.496 e. The molecule has 0 fully saturated rings. The molecule has 3 rings (SSSR count). The van der Waals surface area contributed by atoms with Crippen molar-refractivity contribution in [3.63, 3.8) is 0 Å². The molecule has 32 heavy (non-hydrogen) atoms. The second-order valence-corrected chi connectivity index (χ2v) is 7.67. The molecule has 0 spiro atoms. The Kier molecular flexibility index (Phi) is 8.25. The fourth-order valence-electron chi connectivity index (χ4n) is 3.79. The Morgan fingerprint density at radius 1 is 1.16 bits per heavy atom. The summed E-state index contributed by atoms with van der Waals surface area (Å²) in [4.78, 5) is 20.6. The van der Waals surface area contributed by atoms with Crippen LogP contribution in [-0.4, -0.2) is 34.2 Å². The Hall–Kier alpha value is -3.35. The molecule has 0 atom stereocenters. The number of ether oxygens (including phenoxy) is 2. The Balaban J connectivity index is 1.91. The molecule has 7 heteroatoms. The standard InChI is InChI=1S/C25H32N4O3/c1-4-6-7-8-9-20-24-21(28-25(26)27-20)14-15-29(24)17-19-16-18(10-12-22(19)31-3)11-13-23(30)32-5-2/h10-16H,4-9,17H2,1-3H3,(H2,26,27,28)/b13-11+. The molecule has 1 aromatic carbocycles. The number of aryl methyl sites for hydroxylation is 1. The van der Waals surface area contributed by atoms with E-state index in [9.17, 15) is 4.79 Å². The average Bonchev–Trinajstić information content (AvgIpc) is 3.18. The number of carbonyl (C=O) groups is 1. The van der Waals surface area contributed by atoms with Gasteiger partial charge < -0.3 is 19.8 Å². The molecule has 0 saturated carbocycles. The number of methoxy groups -OCH3 is 1. The summed E-state index contributed by atoms with van der Waals surface area (Å²) >= 11 is 0. The van der Waals surface area contributed by atoms with Crippen LogP contribution in [0.25, 0.3) is 17.1 Å². The number of nitrogens with zero attached hydrogens (tertiary/aromatic N) is 3. The van der Waals surface area contributed by atoms with E-state index in [1.807, 2.05) is 30.5 Å². The Morgan fingerprint density at radius 2 is 2.00 bits per heavy atom. The number of nitrogen functional groups attached to an aromatic ring is 1. The SMILES string of the molecule is CCCCCCc1nc(N)nc2ccn(Cc3cc(/C=C/C(=O)OCC)ccc3OC)c12. The van der Waals surface area contributed by atoms with Gasteiger partial charge in [-0.05, 0) is 49.6 Å². The van der Waals surface area contributed by atoms with E-state index in [-0.39, 0.29) is 5.97 Å². The summed E-state index contributed by atoms with van der Waals surface area (Å²) in [5.41, 5.74) is 10.7. The minimum atomic E-state index is -0.358. The zero-order valence-electron chi connectivity index (χ0n) is 19.1. The molecule has 2 N–H and O–H groups in total. The molecule has 170 valence electrons. The first-order valence-electron chi connectivity index (χ1n) is 11.2. The summed E-state index contributed by atoms with van der Waals surface area (Å²) in [6, 6.07) is 7.81. The van der Waals surface area contributed by atoms with Crippen LogP contribution in [0.2, 0.25) is 0 Å². The van der Waals surface area contributed by atoms with Crippen molar-refractivity contribution in [2.75, 3.05) is 19.5 Å². The minimum absolute atomic E-state index is 0.310. The van der Waals surface area contributed by atoms with Crippen LogP contribution in [0, 0.1) is 0 Å². The Labute approximate surface area is 189 Å². The van der Waals surface area contributed by atoms with E-state index in [0.717, 1.165) is 46.4 Å². The molecule has 7 nitrogen and oxygen atoms in total. The highest BCUT2D eigenvalue weighted by molar-refractivity contribution is 5.87. The number of hydrogen-bond donors (Lipinski definition) is 1. The molecule has 3 aromatic rings. The van der Waals surface area contributed by atoms with Crippen molar-refractivity contribution in [1.82, 2.24) is 14.5 Å². The molecular weight excluding hydrogens is 404 g/mol. The highest BCUT2D eigenvalue weighted by atomic mass is 16.5. The van der Waals surface area contributed by atoms with Crippen LogP contribution >= 0.6 is 0 Å². The second-order valence-electron chi connectivity index (χ2n) is 7.67. The van der Waals surface area contributed by atoms with Crippen LogP contribution in [0.1, 0.15) is 56.4 Å². The second kappa shape index (κ2) is 11.3. The van der Waals surface area contributed by atoms with E-state index < -0.39 is 0 Å². The Bertz CT molecular complexity index is 1090. The summed E-state index contributed by atoms with van der Waals surface area (Å²) in [7, 11) is 1.66. The Morgan fingerprint density at radius 3 is 2.75 bits per heavy atom. The van der Waals surface area contributed by atoms with E-state index in [1.54, 1.807) is 20.1 Å². The van der Waals surface area contributed by atoms with Crippen LogP contribution < -0.4 is 10.5 Å². The maximum Gasteiger partial charge on any atom is 0.330 e. The van der Waals surface area contributed by atoms with Crippen molar-refractivity contribution in [1.29, 1.82) is 0 Å². The average molecular weight is 437 g/mol. The van der Waals surface area contributed by atoms with Gasteiger partial charge in [-0.15, -0.1) is 0 Å². The van der Waals surface area contributed by atoms with E-state index in [2.05, 4.69) is 21.5 Å². The van der Waals surface area contributed by atoms with Crippen molar-refractivity contribution in [3.05, 3.63) is 53.4 Å². The largest absolute Gasteiger partial charge is 0.496 e. The maximum atomic E-state index is 11.7. The number of fused-ring (bicyclic) bond motifs is 1. The number of hydrogen-bond acceptors (Lipinski definition) is 6. The number of carbonyl (C=O) groups excluding carboxylic acids is 1. The lowest BCUT2D eigenvalue weighted by Crippen LogP contribution is -2.06. The van der Waals surface area contributed by atoms with Crippen molar-refractivity contribution in [3.8, 4) is 5.75 Å². The van der Waals surface area contributed by atoms with Gasteiger partial charge in [0.15, 0.2) is 0 Å². The predicted molar refractivity (Wildman–Crippen MR) is 128 cm³/mol. The fraction of sp³-hybridized carbons (Fsp3) is 0.400. The van der Waals surface area contributed by atoms with Crippen molar-refractivity contribution in [2.24, 2.45) is 0 Å². The summed E-state index contributed by atoms with van der Waals surface area (Å²) in [6.07, 6.45) is 10.7. The van der Waals surface area contributed by atoms with Gasteiger partial charge in [0.05, 0.1) is 37.0 Å². The monoisotopic (exact) mass is 436 g/mol. The molecular formula is C25H32N4O3. The first kappa shape index (κ1) is 23.3. The fourth-order valence-corrected chi connectivity index (χ4v) is 3.79. The molecule has 0 amide bonds. The highest BCUT2D eigenvalue weighted by Gasteiger charge is 2.13.